The van der Waals surface area contributed by atoms with Crippen LogP contribution in [-0.4, -0.2) is 20.3 Å². The molecule has 0 spiro atoms. The van der Waals surface area contributed by atoms with Crippen LogP contribution < -0.4 is 0 Å². The lowest BCUT2D eigenvalue weighted by Crippen LogP contribution is -2.09. The van der Waals surface area contributed by atoms with Crippen molar-refractivity contribution in [3.05, 3.63) is 12.1 Å². The Bertz CT molecular complexity index is 119. The first-order chi connectivity index (χ1) is 5.43. The molecule has 0 aromatic rings. The molecule has 1 fully saturated rings. The molecule has 0 radical (unpaired) electrons. The summed E-state index contributed by atoms with van der Waals surface area (Å²) in [6.07, 6.45) is 5.78. The van der Waals surface area contributed by atoms with Gasteiger partial charge in [0.15, 0.2) is 0 Å². The van der Waals surface area contributed by atoms with E-state index in [0.29, 0.717) is 0 Å². The molecule has 0 aromatic heterocycles. The van der Waals surface area contributed by atoms with Crippen molar-refractivity contribution < 1.29 is 9.31 Å². The molecule has 0 saturated carbocycles. The maximum atomic E-state index is 5.22. The van der Waals surface area contributed by atoms with Crippen LogP contribution in [0.4, 0.5) is 0 Å². The summed E-state index contributed by atoms with van der Waals surface area (Å²) in [6, 6.07) is 0. The van der Waals surface area contributed by atoms with Gasteiger partial charge >= 0.3 is 7.12 Å². The summed E-state index contributed by atoms with van der Waals surface area (Å²) < 4.78 is 10.4. The number of rotatable bonds is 4. The first-order valence-corrected chi connectivity index (χ1v) is 4.33. The molecule has 1 heterocycles. The summed E-state index contributed by atoms with van der Waals surface area (Å²) in [5.74, 6) is 2.00. The fraction of sp³-hybridized carbons (Fsp3) is 0.750. The van der Waals surface area contributed by atoms with Crippen LogP contribution in [0.1, 0.15) is 26.2 Å². The van der Waals surface area contributed by atoms with E-state index in [0.717, 1.165) is 19.6 Å². The molecule has 0 N–H and O–H groups in total. The van der Waals surface area contributed by atoms with Crippen molar-refractivity contribution in [3.63, 3.8) is 0 Å². The van der Waals surface area contributed by atoms with E-state index in [9.17, 15) is 0 Å². The standard InChI is InChI=1S/C8H15BO2/c1-2-3-4-5-6-9-10-7-8-11-9/h5-6H,2-4,7-8H2,1H3/b6-5+. The van der Waals surface area contributed by atoms with E-state index in [1.807, 2.05) is 5.98 Å². The van der Waals surface area contributed by atoms with Crippen molar-refractivity contribution in [2.24, 2.45) is 0 Å². The molecule has 0 atom stereocenters. The topological polar surface area (TPSA) is 18.5 Å². The zero-order valence-corrected chi connectivity index (χ0v) is 7.08. The summed E-state index contributed by atoms with van der Waals surface area (Å²) in [5, 5.41) is 0. The fourth-order valence-corrected chi connectivity index (χ4v) is 1.02. The largest absolute Gasteiger partial charge is 0.485 e. The Balaban J connectivity index is 2.03. The van der Waals surface area contributed by atoms with E-state index in [-0.39, 0.29) is 7.12 Å². The molecule has 62 valence electrons. The van der Waals surface area contributed by atoms with E-state index in [1.165, 1.54) is 12.8 Å². The van der Waals surface area contributed by atoms with Crippen LogP contribution in [-0.2, 0) is 9.31 Å². The number of unbranched alkanes of at least 4 members (excludes halogenated alkanes) is 2. The van der Waals surface area contributed by atoms with Crippen molar-refractivity contribution in [1.82, 2.24) is 0 Å². The van der Waals surface area contributed by atoms with Crippen molar-refractivity contribution in [2.75, 3.05) is 13.2 Å². The molecule has 0 unspecified atom stereocenters. The van der Waals surface area contributed by atoms with Gasteiger partial charge in [0.05, 0.1) is 13.2 Å². The van der Waals surface area contributed by atoms with Gasteiger partial charge in [-0.1, -0.05) is 31.8 Å². The molecule has 2 nitrogen and oxygen atoms in total. The first kappa shape index (κ1) is 8.82. The highest BCUT2D eigenvalue weighted by atomic mass is 16.6. The lowest BCUT2D eigenvalue weighted by Gasteiger charge is -1.94. The Labute approximate surface area is 68.7 Å². The fourth-order valence-electron chi connectivity index (χ4n) is 1.02. The van der Waals surface area contributed by atoms with Gasteiger partial charge in [0.2, 0.25) is 0 Å². The number of hydrogen-bond acceptors (Lipinski definition) is 2. The van der Waals surface area contributed by atoms with Gasteiger partial charge in [0, 0.05) is 0 Å². The summed E-state index contributed by atoms with van der Waals surface area (Å²) in [6.45, 7) is 3.67. The van der Waals surface area contributed by atoms with Gasteiger partial charge in [-0.3, -0.25) is 0 Å². The molecule has 1 aliphatic rings. The van der Waals surface area contributed by atoms with Crippen LogP contribution in [0.2, 0.25) is 0 Å². The Kier molecular flexibility index (Phi) is 4.32. The molecule has 0 aliphatic carbocycles. The molecule has 1 aliphatic heterocycles. The minimum atomic E-state index is -0.0631. The number of hydrogen-bond donors (Lipinski definition) is 0. The van der Waals surface area contributed by atoms with Crippen LogP contribution in [0, 0.1) is 0 Å². The van der Waals surface area contributed by atoms with Crippen molar-refractivity contribution in [3.8, 4) is 0 Å². The number of allylic oxidation sites excluding steroid dienone is 1. The summed E-state index contributed by atoms with van der Waals surface area (Å²) in [7, 11) is -0.0631. The lowest BCUT2D eigenvalue weighted by atomic mass is 9.90. The van der Waals surface area contributed by atoms with E-state index in [1.54, 1.807) is 0 Å². The maximum absolute atomic E-state index is 5.22. The van der Waals surface area contributed by atoms with Crippen LogP contribution >= 0.6 is 0 Å². The zero-order chi connectivity index (χ0) is 7.94. The molecular formula is C8H15BO2. The van der Waals surface area contributed by atoms with Crippen LogP contribution in [0.5, 0.6) is 0 Å². The molecule has 0 bridgehead atoms. The second-order valence-corrected chi connectivity index (χ2v) is 2.68. The summed E-state index contributed by atoms with van der Waals surface area (Å²) >= 11 is 0. The smallest absolute Gasteiger partial charge is 0.405 e. The van der Waals surface area contributed by atoms with Crippen molar-refractivity contribution in [1.29, 1.82) is 0 Å². The van der Waals surface area contributed by atoms with Gasteiger partial charge < -0.3 is 9.31 Å². The van der Waals surface area contributed by atoms with Gasteiger partial charge in [-0.2, -0.15) is 0 Å². The predicted octanol–water partition coefficient (Wildman–Crippen LogP) is 1.81. The quantitative estimate of drug-likeness (QED) is 0.454. The van der Waals surface area contributed by atoms with Gasteiger partial charge in [0.1, 0.15) is 0 Å². The van der Waals surface area contributed by atoms with Gasteiger partial charge in [-0.05, 0) is 6.42 Å². The highest BCUT2D eigenvalue weighted by Gasteiger charge is 2.18. The molecular weight excluding hydrogens is 139 g/mol. The Morgan fingerprint density at radius 3 is 2.73 bits per heavy atom. The van der Waals surface area contributed by atoms with E-state index in [4.69, 9.17) is 9.31 Å². The molecule has 3 heteroatoms. The molecule has 0 aromatic carbocycles. The zero-order valence-electron chi connectivity index (χ0n) is 7.08. The summed E-state index contributed by atoms with van der Waals surface area (Å²) in [5.41, 5.74) is 0. The van der Waals surface area contributed by atoms with Crippen LogP contribution in [0.25, 0.3) is 0 Å². The summed E-state index contributed by atoms with van der Waals surface area (Å²) in [4.78, 5) is 0. The Morgan fingerprint density at radius 2 is 2.09 bits per heavy atom. The average molecular weight is 154 g/mol. The molecule has 0 amide bonds. The van der Waals surface area contributed by atoms with E-state index < -0.39 is 0 Å². The monoisotopic (exact) mass is 154 g/mol. The SMILES string of the molecule is CCCC/C=C/B1OCCO1. The van der Waals surface area contributed by atoms with Crippen LogP contribution in [0.15, 0.2) is 12.1 Å². The van der Waals surface area contributed by atoms with Crippen molar-refractivity contribution >= 4 is 7.12 Å². The van der Waals surface area contributed by atoms with Gasteiger partial charge in [-0.25, -0.2) is 0 Å². The van der Waals surface area contributed by atoms with Crippen LogP contribution in [0.3, 0.4) is 0 Å². The minimum absolute atomic E-state index is 0.0631. The second-order valence-electron chi connectivity index (χ2n) is 2.68. The Morgan fingerprint density at radius 1 is 1.36 bits per heavy atom. The highest BCUT2D eigenvalue weighted by molar-refractivity contribution is 6.51. The molecule has 11 heavy (non-hydrogen) atoms. The third-order valence-corrected chi connectivity index (χ3v) is 1.67. The normalized spacial score (nSPS) is 18.5. The third kappa shape index (κ3) is 3.58. The Hall–Kier alpha value is -0.275. The minimum Gasteiger partial charge on any atom is -0.405 e. The molecule has 1 rings (SSSR count). The van der Waals surface area contributed by atoms with E-state index in [2.05, 4.69) is 13.0 Å². The van der Waals surface area contributed by atoms with Crippen molar-refractivity contribution in [2.45, 2.75) is 26.2 Å². The molecule has 1 saturated heterocycles. The lowest BCUT2D eigenvalue weighted by molar-refractivity contribution is 0.365. The van der Waals surface area contributed by atoms with E-state index >= 15 is 0 Å². The average Bonchev–Trinajstić information content (AvgIpc) is 2.50. The predicted molar refractivity (Wildman–Crippen MR) is 46.3 cm³/mol. The van der Waals surface area contributed by atoms with Gasteiger partial charge in [-0.15, -0.1) is 0 Å². The third-order valence-electron chi connectivity index (χ3n) is 1.67. The van der Waals surface area contributed by atoms with Gasteiger partial charge in [0.25, 0.3) is 0 Å². The first-order valence-electron chi connectivity index (χ1n) is 4.33. The maximum Gasteiger partial charge on any atom is 0.485 e. The highest BCUT2D eigenvalue weighted by Crippen LogP contribution is 2.02. The second kappa shape index (κ2) is 5.39.